The van der Waals surface area contributed by atoms with E-state index in [9.17, 15) is 14.7 Å². The predicted octanol–water partition coefficient (Wildman–Crippen LogP) is 2.63. The Morgan fingerprint density at radius 2 is 1.95 bits per heavy atom. The van der Waals surface area contributed by atoms with Gasteiger partial charge in [0, 0.05) is 13.1 Å². The minimum atomic E-state index is -1.11. The zero-order valence-corrected chi connectivity index (χ0v) is 12.7. The van der Waals surface area contributed by atoms with Crippen molar-refractivity contribution in [3.63, 3.8) is 0 Å². The number of urea groups is 1. The first-order valence-corrected chi connectivity index (χ1v) is 7.25. The molecule has 0 heterocycles. The molecule has 0 atom stereocenters. The molecule has 2 amide bonds. The first-order chi connectivity index (χ1) is 9.30. The van der Waals surface area contributed by atoms with E-state index < -0.39 is 11.5 Å². The maximum atomic E-state index is 12.3. The van der Waals surface area contributed by atoms with Gasteiger partial charge >= 0.3 is 12.0 Å². The van der Waals surface area contributed by atoms with Crippen molar-refractivity contribution in [3.8, 4) is 0 Å². The third-order valence-corrected chi connectivity index (χ3v) is 4.01. The van der Waals surface area contributed by atoms with E-state index in [1.165, 1.54) is 0 Å². The molecule has 5 heteroatoms. The molecule has 0 aromatic heterocycles. The normalized spacial score (nSPS) is 25.9. The van der Waals surface area contributed by atoms with Gasteiger partial charge in [0.25, 0.3) is 0 Å². The fraction of sp³-hybridized carbons (Fsp3) is 0.733. The van der Waals surface area contributed by atoms with Crippen LogP contribution in [0.3, 0.4) is 0 Å². The molecule has 2 N–H and O–H groups in total. The lowest BCUT2D eigenvalue weighted by Crippen LogP contribution is -2.59. The average molecular weight is 282 g/mol. The Morgan fingerprint density at radius 3 is 2.35 bits per heavy atom. The number of nitrogens with zero attached hydrogens (tertiary/aromatic N) is 1. The predicted molar refractivity (Wildman–Crippen MR) is 78.6 cm³/mol. The summed E-state index contributed by atoms with van der Waals surface area (Å²) in [6.45, 7) is 10.6. The van der Waals surface area contributed by atoms with E-state index in [4.69, 9.17) is 0 Å². The number of carbonyl (C=O) groups is 2. The van der Waals surface area contributed by atoms with Gasteiger partial charge in [-0.3, -0.25) is 0 Å². The average Bonchev–Trinajstić information content (AvgIpc) is 2.38. The van der Waals surface area contributed by atoms with E-state index in [-0.39, 0.29) is 6.03 Å². The van der Waals surface area contributed by atoms with Gasteiger partial charge in [-0.1, -0.05) is 19.1 Å². The van der Waals surface area contributed by atoms with Crippen LogP contribution in [0.2, 0.25) is 0 Å². The standard InChI is InChI=1S/C15H26N2O3/c1-5-17(10-11(2)3)14(20)16-15(13(18)19)8-6-12(4)7-9-15/h12H,2,5-10H2,1,3-4H3,(H,16,20)(H,18,19). The summed E-state index contributed by atoms with van der Waals surface area (Å²) in [5.41, 5.74) is -0.227. The van der Waals surface area contributed by atoms with Crippen LogP contribution in [0.1, 0.15) is 46.5 Å². The summed E-state index contributed by atoms with van der Waals surface area (Å²) in [5.74, 6) is -0.402. The number of carboxylic acids is 1. The van der Waals surface area contributed by atoms with E-state index in [0.717, 1.165) is 18.4 Å². The Balaban J connectivity index is 2.77. The summed E-state index contributed by atoms with van der Waals surface area (Å²) in [5, 5.41) is 12.3. The van der Waals surface area contributed by atoms with Crippen LogP contribution in [0.5, 0.6) is 0 Å². The number of amides is 2. The Bertz CT molecular complexity index is 385. The first-order valence-electron chi connectivity index (χ1n) is 7.25. The molecule has 20 heavy (non-hydrogen) atoms. The van der Waals surface area contributed by atoms with Crippen molar-refractivity contribution in [2.24, 2.45) is 5.92 Å². The van der Waals surface area contributed by atoms with Crippen LogP contribution in [0.15, 0.2) is 12.2 Å². The van der Waals surface area contributed by atoms with E-state index in [0.29, 0.717) is 31.8 Å². The zero-order valence-electron chi connectivity index (χ0n) is 12.7. The van der Waals surface area contributed by atoms with E-state index in [2.05, 4.69) is 18.8 Å². The first kappa shape index (κ1) is 16.5. The third kappa shape index (κ3) is 3.99. The lowest BCUT2D eigenvalue weighted by atomic mass is 9.77. The third-order valence-electron chi connectivity index (χ3n) is 4.01. The van der Waals surface area contributed by atoms with Crippen LogP contribution in [-0.2, 0) is 4.79 Å². The smallest absolute Gasteiger partial charge is 0.329 e. The Labute approximate surface area is 121 Å². The van der Waals surface area contributed by atoms with Gasteiger partial charge in [0.2, 0.25) is 0 Å². The van der Waals surface area contributed by atoms with Gasteiger partial charge in [-0.2, -0.15) is 0 Å². The van der Waals surface area contributed by atoms with Gasteiger partial charge in [-0.25, -0.2) is 9.59 Å². The number of hydrogen-bond donors (Lipinski definition) is 2. The molecule has 0 saturated heterocycles. The molecule has 0 bridgehead atoms. The molecule has 1 aliphatic carbocycles. The zero-order chi connectivity index (χ0) is 15.3. The number of hydrogen-bond acceptors (Lipinski definition) is 2. The molecule has 0 aromatic carbocycles. The molecular formula is C15H26N2O3. The fourth-order valence-electron chi connectivity index (χ4n) is 2.58. The molecule has 5 nitrogen and oxygen atoms in total. The molecule has 1 aliphatic rings. The van der Waals surface area contributed by atoms with Crippen molar-refractivity contribution in [1.29, 1.82) is 0 Å². The largest absolute Gasteiger partial charge is 0.480 e. The number of aliphatic carboxylic acids is 1. The van der Waals surface area contributed by atoms with Gasteiger partial charge in [0.15, 0.2) is 0 Å². The second-order valence-electron chi connectivity index (χ2n) is 5.97. The molecule has 0 unspecified atom stereocenters. The molecule has 0 spiro atoms. The second kappa shape index (κ2) is 6.77. The highest BCUT2D eigenvalue weighted by Crippen LogP contribution is 2.32. The van der Waals surface area contributed by atoms with E-state index in [1.807, 2.05) is 13.8 Å². The summed E-state index contributed by atoms with van der Waals surface area (Å²) < 4.78 is 0. The summed E-state index contributed by atoms with van der Waals surface area (Å²) >= 11 is 0. The SMILES string of the molecule is C=C(C)CN(CC)C(=O)NC1(C(=O)O)CCC(C)CC1. The molecular weight excluding hydrogens is 256 g/mol. The van der Waals surface area contributed by atoms with Crippen molar-refractivity contribution < 1.29 is 14.7 Å². The van der Waals surface area contributed by atoms with E-state index in [1.54, 1.807) is 4.90 Å². The van der Waals surface area contributed by atoms with Crippen molar-refractivity contribution in [2.45, 2.75) is 52.0 Å². The van der Waals surface area contributed by atoms with Gasteiger partial charge in [-0.15, -0.1) is 0 Å². The lowest BCUT2D eigenvalue weighted by Gasteiger charge is -2.38. The summed E-state index contributed by atoms with van der Waals surface area (Å²) in [6.07, 6.45) is 2.66. The summed E-state index contributed by atoms with van der Waals surface area (Å²) in [7, 11) is 0. The monoisotopic (exact) mass is 282 g/mol. The number of carbonyl (C=O) groups excluding carboxylic acids is 1. The molecule has 0 aliphatic heterocycles. The van der Waals surface area contributed by atoms with Crippen LogP contribution in [-0.4, -0.2) is 40.6 Å². The highest BCUT2D eigenvalue weighted by molar-refractivity contribution is 5.86. The second-order valence-corrected chi connectivity index (χ2v) is 5.97. The molecule has 1 saturated carbocycles. The van der Waals surface area contributed by atoms with Crippen LogP contribution >= 0.6 is 0 Å². The highest BCUT2D eigenvalue weighted by Gasteiger charge is 2.43. The highest BCUT2D eigenvalue weighted by atomic mass is 16.4. The Morgan fingerprint density at radius 1 is 1.40 bits per heavy atom. The van der Waals surface area contributed by atoms with Crippen molar-refractivity contribution in [1.82, 2.24) is 10.2 Å². The number of carboxylic acid groups (broad SMARTS) is 1. The number of likely N-dealkylation sites (N-methyl/N-ethyl adjacent to an activating group) is 1. The fourth-order valence-corrected chi connectivity index (χ4v) is 2.58. The van der Waals surface area contributed by atoms with Crippen LogP contribution < -0.4 is 5.32 Å². The molecule has 0 radical (unpaired) electrons. The van der Waals surface area contributed by atoms with Crippen molar-refractivity contribution in [2.75, 3.05) is 13.1 Å². The molecule has 1 fully saturated rings. The van der Waals surface area contributed by atoms with Gasteiger partial charge in [0.1, 0.15) is 5.54 Å². The van der Waals surface area contributed by atoms with Gasteiger partial charge in [0.05, 0.1) is 0 Å². The number of nitrogens with one attached hydrogen (secondary N) is 1. The maximum absolute atomic E-state index is 12.3. The molecule has 114 valence electrons. The topological polar surface area (TPSA) is 69.6 Å². The van der Waals surface area contributed by atoms with Crippen LogP contribution in [0.25, 0.3) is 0 Å². The Hall–Kier alpha value is -1.52. The quantitative estimate of drug-likeness (QED) is 0.762. The Kier molecular flexibility index (Phi) is 5.60. The number of rotatable bonds is 5. The lowest BCUT2D eigenvalue weighted by molar-refractivity contribution is -0.146. The van der Waals surface area contributed by atoms with Crippen LogP contribution in [0.4, 0.5) is 4.79 Å². The minimum absolute atomic E-state index is 0.313. The molecule has 0 aromatic rings. The minimum Gasteiger partial charge on any atom is -0.480 e. The molecule has 1 rings (SSSR count). The van der Waals surface area contributed by atoms with Crippen molar-refractivity contribution in [3.05, 3.63) is 12.2 Å². The maximum Gasteiger partial charge on any atom is 0.329 e. The van der Waals surface area contributed by atoms with Crippen LogP contribution in [0, 0.1) is 5.92 Å². The van der Waals surface area contributed by atoms with Crippen molar-refractivity contribution >= 4 is 12.0 Å². The summed E-state index contributed by atoms with van der Waals surface area (Å²) in [6, 6.07) is -0.313. The van der Waals surface area contributed by atoms with Gasteiger partial charge in [-0.05, 0) is 45.4 Å². The summed E-state index contributed by atoms with van der Waals surface area (Å²) in [4.78, 5) is 25.5. The van der Waals surface area contributed by atoms with Gasteiger partial charge < -0.3 is 15.3 Å². The van der Waals surface area contributed by atoms with E-state index >= 15 is 0 Å².